The molecular weight excluding hydrogens is 342 g/mol. The number of likely N-dealkylation sites (tertiary alicyclic amines) is 1. The quantitative estimate of drug-likeness (QED) is 0.774. The molecule has 8 heteroatoms. The van der Waals surface area contributed by atoms with Crippen molar-refractivity contribution in [1.82, 2.24) is 14.5 Å². The van der Waals surface area contributed by atoms with Gasteiger partial charge in [0.2, 0.25) is 10.0 Å². The van der Waals surface area contributed by atoms with Crippen molar-refractivity contribution < 1.29 is 17.9 Å². The molecule has 7 nitrogen and oxygen atoms in total. The second-order valence-electron chi connectivity index (χ2n) is 6.59. The van der Waals surface area contributed by atoms with Crippen LogP contribution in [0.15, 0.2) is 30.3 Å². The molecule has 0 unspecified atom stereocenters. The van der Waals surface area contributed by atoms with E-state index in [9.17, 15) is 13.2 Å². The monoisotopic (exact) mass is 367 g/mol. The molecule has 1 aromatic rings. The summed E-state index contributed by atoms with van der Waals surface area (Å²) in [4.78, 5) is 16.1. The predicted molar refractivity (Wildman–Crippen MR) is 94.9 cm³/mol. The first-order valence-electron chi connectivity index (χ1n) is 8.62. The Labute approximate surface area is 149 Å². The van der Waals surface area contributed by atoms with Crippen LogP contribution in [0.2, 0.25) is 0 Å². The fourth-order valence-electron chi connectivity index (χ4n) is 3.07. The number of carbonyl (C=O) groups excluding carboxylic acids is 1. The molecule has 3 rings (SSSR count). The van der Waals surface area contributed by atoms with Gasteiger partial charge in [0.25, 0.3) is 5.91 Å². The van der Waals surface area contributed by atoms with Gasteiger partial charge in [-0.15, -0.1) is 0 Å². The molecule has 0 spiro atoms. The van der Waals surface area contributed by atoms with Crippen LogP contribution in [0.25, 0.3) is 0 Å². The second kappa shape index (κ2) is 7.82. The number of ether oxygens (including phenoxy) is 1. The Morgan fingerprint density at radius 3 is 2.52 bits per heavy atom. The Hall–Kier alpha value is -1.48. The summed E-state index contributed by atoms with van der Waals surface area (Å²) < 4.78 is 32.8. The van der Waals surface area contributed by atoms with Gasteiger partial charge in [0, 0.05) is 44.3 Å². The average molecular weight is 367 g/mol. The first kappa shape index (κ1) is 18.3. The van der Waals surface area contributed by atoms with Crippen molar-refractivity contribution >= 4 is 15.9 Å². The van der Waals surface area contributed by atoms with Crippen LogP contribution >= 0.6 is 0 Å². The van der Waals surface area contributed by atoms with Crippen molar-refractivity contribution in [3.63, 3.8) is 0 Å². The number of hydrogen-bond donors (Lipinski definition) is 1. The van der Waals surface area contributed by atoms with E-state index in [0.29, 0.717) is 25.3 Å². The number of sulfonamides is 1. The Morgan fingerprint density at radius 1 is 1.24 bits per heavy atom. The van der Waals surface area contributed by atoms with Gasteiger partial charge in [-0.2, -0.15) is 0 Å². The molecule has 1 N–H and O–H groups in total. The van der Waals surface area contributed by atoms with Crippen LogP contribution in [0.4, 0.5) is 0 Å². The molecular formula is C17H25N3O4S. The average Bonchev–Trinajstić information content (AvgIpc) is 2.59. The van der Waals surface area contributed by atoms with Crippen molar-refractivity contribution in [2.75, 3.05) is 45.9 Å². The van der Waals surface area contributed by atoms with Crippen molar-refractivity contribution in [2.45, 2.75) is 18.2 Å². The number of benzene rings is 1. The summed E-state index contributed by atoms with van der Waals surface area (Å²) in [5, 5.41) is -0.531. The molecule has 2 aliphatic rings. The van der Waals surface area contributed by atoms with Gasteiger partial charge in [-0.1, -0.05) is 18.2 Å². The van der Waals surface area contributed by atoms with Crippen molar-refractivity contribution in [3.05, 3.63) is 35.9 Å². The van der Waals surface area contributed by atoms with Gasteiger partial charge in [0.1, 0.15) is 5.25 Å². The smallest absolute Gasteiger partial charge is 0.253 e. The van der Waals surface area contributed by atoms with Gasteiger partial charge in [0.05, 0.1) is 13.2 Å². The van der Waals surface area contributed by atoms with E-state index < -0.39 is 15.3 Å². The normalized spacial score (nSPS) is 20.9. The summed E-state index contributed by atoms with van der Waals surface area (Å²) in [7, 11) is -3.41. The van der Waals surface area contributed by atoms with Gasteiger partial charge in [-0.3, -0.25) is 9.69 Å². The van der Waals surface area contributed by atoms with Crippen LogP contribution in [-0.4, -0.2) is 81.4 Å². The third-order valence-electron chi connectivity index (χ3n) is 4.84. The molecule has 2 heterocycles. The highest BCUT2D eigenvalue weighted by Gasteiger charge is 2.40. The minimum absolute atomic E-state index is 0.117. The summed E-state index contributed by atoms with van der Waals surface area (Å²) >= 11 is 0. The van der Waals surface area contributed by atoms with Crippen LogP contribution in [0.1, 0.15) is 17.3 Å². The van der Waals surface area contributed by atoms with Crippen LogP contribution in [0.5, 0.6) is 0 Å². The Morgan fingerprint density at radius 2 is 1.88 bits per heavy atom. The first-order chi connectivity index (χ1) is 12.0. The van der Waals surface area contributed by atoms with E-state index in [1.165, 1.54) is 0 Å². The lowest BCUT2D eigenvalue weighted by Crippen LogP contribution is -2.60. The number of amides is 1. The summed E-state index contributed by atoms with van der Waals surface area (Å²) in [6.45, 7) is 5.92. The molecule has 1 aromatic carbocycles. The Bertz CT molecular complexity index is 683. The van der Waals surface area contributed by atoms with E-state index in [1.807, 2.05) is 13.0 Å². The number of carbonyl (C=O) groups is 1. The van der Waals surface area contributed by atoms with Crippen LogP contribution in [0.3, 0.4) is 0 Å². The summed E-state index contributed by atoms with van der Waals surface area (Å²) in [6, 6.07) is 9.06. The summed E-state index contributed by atoms with van der Waals surface area (Å²) in [5.41, 5.74) is 0.590. The maximum absolute atomic E-state index is 12.4. The molecule has 0 saturated carbocycles. The minimum Gasteiger partial charge on any atom is -0.379 e. The van der Waals surface area contributed by atoms with Crippen LogP contribution in [0, 0.1) is 0 Å². The van der Waals surface area contributed by atoms with Gasteiger partial charge in [-0.25, -0.2) is 13.1 Å². The number of rotatable bonds is 6. The Balaban J connectivity index is 1.47. The topological polar surface area (TPSA) is 79.0 Å². The largest absolute Gasteiger partial charge is 0.379 e. The zero-order valence-electron chi connectivity index (χ0n) is 14.4. The highest BCUT2D eigenvalue weighted by atomic mass is 32.2. The third-order valence-corrected chi connectivity index (χ3v) is 6.59. The molecule has 0 bridgehead atoms. The molecule has 0 aliphatic carbocycles. The fourth-order valence-corrected chi connectivity index (χ4v) is 4.53. The zero-order chi connectivity index (χ0) is 17.9. The molecule has 1 amide bonds. The summed E-state index contributed by atoms with van der Waals surface area (Å²) in [6.07, 6.45) is 0. The first-order valence-corrected chi connectivity index (χ1v) is 10.2. The molecule has 0 aromatic heterocycles. The van der Waals surface area contributed by atoms with E-state index in [4.69, 9.17) is 4.74 Å². The molecule has 25 heavy (non-hydrogen) atoms. The van der Waals surface area contributed by atoms with E-state index in [1.54, 1.807) is 29.2 Å². The second-order valence-corrected chi connectivity index (χ2v) is 8.63. The maximum Gasteiger partial charge on any atom is 0.253 e. The fraction of sp³-hybridized carbons (Fsp3) is 0.588. The number of hydrogen-bond acceptors (Lipinski definition) is 5. The number of nitrogens with one attached hydrogen (secondary N) is 1. The highest BCUT2D eigenvalue weighted by Crippen LogP contribution is 2.18. The van der Waals surface area contributed by atoms with Gasteiger partial charge in [-0.05, 0) is 19.1 Å². The van der Waals surface area contributed by atoms with E-state index in [0.717, 1.165) is 13.1 Å². The van der Waals surface area contributed by atoms with Gasteiger partial charge >= 0.3 is 0 Å². The molecule has 1 atom stereocenters. The lowest BCUT2D eigenvalue weighted by Gasteiger charge is -2.39. The summed E-state index contributed by atoms with van der Waals surface area (Å²) in [5.74, 6) is -0.117. The zero-order valence-corrected chi connectivity index (χ0v) is 15.2. The SMILES string of the molecule is C[C@H](CNS(=O)(=O)C1CN(C(=O)c2ccccc2)C1)N1CCOCC1. The van der Waals surface area contributed by atoms with Crippen LogP contribution in [-0.2, 0) is 14.8 Å². The van der Waals surface area contributed by atoms with E-state index in [2.05, 4.69) is 9.62 Å². The van der Waals surface area contributed by atoms with E-state index >= 15 is 0 Å². The molecule has 2 fully saturated rings. The van der Waals surface area contributed by atoms with E-state index in [-0.39, 0.29) is 25.0 Å². The lowest BCUT2D eigenvalue weighted by molar-refractivity contribution is 0.0213. The molecule has 0 radical (unpaired) electrons. The van der Waals surface area contributed by atoms with Crippen LogP contribution < -0.4 is 4.72 Å². The third kappa shape index (κ3) is 4.38. The lowest BCUT2D eigenvalue weighted by atomic mass is 10.1. The van der Waals surface area contributed by atoms with Crippen molar-refractivity contribution in [2.24, 2.45) is 0 Å². The molecule has 2 saturated heterocycles. The number of nitrogens with zero attached hydrogens (tertiary/aromatic N) is 2. The minimum atomic E-state index is -3.41. The number of morpholine rings is 1. The highest BCUT2D eigenvalue weighted by molar-refractivity contribution is 7.90. The van der Waals surface area contributed by atoms with Crippen molar-refractivity contribution in [3.8, 4) is 0 Å². The van der Waals surface area contributed by atoms with Gasteiger partial charge < -0.3 is 9.64 Å². The predicted octanol–water partition coefficient (Wildman–Crippen LogP) is 0.151. The molecule has 138 valence electrons. The standard InChI is InChI=1S/C17H25N3O4S/c1-14(19-7-9-24-10-8-19)11-18-25(22,23)16-12-20(13-16)17(21)15-5-3-2-4-6-15/h2-6,14,16,18H,7-13H2,1H3/t14-/m1/s1. The maximum atomic E-state index is 12.4. The Kier molecular flexibility index (Phi) is 5.73. The van der Waals surface area contributed by atoms with Gasteiger partial charge in [0.15, 0.2) is 0 Å². The molecule has 2 aliphatic heterocycles. The van der Waals surface area contributed by atoms with Crippen molar-refractivity contribution in [1.29, 1.82) is 0 Å².